The Morgan fingerprint density at radius 2 is 1.60 bits per heavy atom. The second-order valence-corrected chi connectivity index (χ2v) is 10.1. The fourth-order valence-electron chi connectivity index (χ4n) is 4.89. The summed E-state index contributed by atoms with van der Waals surface area (Å²) in [7, 11) is 4.07. The topological polar surface area (TPSA) is 106 Å². The first-order valence-corrected chi connectivity index (χ1v) is 13.3. The van der Waals surface area contributed by atoms with Crippen molar-refractivity contribution in [3.8, 4) is 11.5 Å². The minimum absolute atomic E-state index is 0.143. The van der Waals surface area contributed by atoms with Crippen molar-refractivity contribution in [2.45, 2.75) is 45.5 Å². The third kappa shape index (κ3) is 7.16. The Bertz CT molecular complexity index is 1380. The molecule has 2 unspecified atom stereocenters. The molecule has 0 fully saturated rings. The molecule has 43 heavy (non-hydrogen) atoms. The molecule has 13 heteroatoms. The number of halogens is 3. The first kappa shape index (κ1) is 33.1. The molecule has 2 atom stereocenters. The van der Waals surface area contributed by atoms with Gasteiger partial charge in [0.1, 0.15) is 18.7 Å². The van der Waals surface area contributed by atoms with Crippen LogP contribution in [0.4, 0.5) is 13.2 Å². The number of benzene rings is 2. The molecule has 3 rings (SSSR count). The minimum atomic E-state index is -5.34. The molecule has 1 heterocycles. The highest BCUT2D eigenvalue weighted by molar-refractivity contribution is 6.00. The SMILES string of the molecule is COCC(=O)N1C=C(c2ccc(OC)c(OC)c2)N(N(C(C)=O)C(Cc2ccccc2)C(=O)C(F)(F)F)C(=O)C1C(C)C. The Morgan fingerprint density at radius 3 is 2.12 bits per heavy atom. The van der Waals surface area contributed by atoms with Crippen LogP contribution in [0, 0.1) is 5.92 Å². The number of amides is 3. The standard InChI is InChI=1S/C30H34F3N3O7/c1-18(2)27-29(40)36(35(19(3)37)22(28(39)30(31,32)33)14-20-10-8-7-9-11-20)23(16-34(27)26(38)17-41-4)21-12-13-24(42-5)25(15-21)43-6/h7-13,15-16,18,22,27H,14,17H2,1-6H3. The average molecular weight is 606 g/mol. The van der Waals surface area contributed by atoms with E-state index < -0.39 is 60.7 Å². The Balaban J connectivity index is 2.35. The Hall–Kier alpha value is -4.39. The molecule has 0 saturated carbocycles. The number of nitrogens with zero attached hydrogens (tertiary/aromatic N) is 3. The molecule has 1 aliphatic heterocycles. The number of carbonyl (C=O) groups excluding carboxylic acids is 4. The van der Waals surface area contributed by atoms with Gasteiger partial charge in [0.05, 0.1) is 19.9 Å². The maximum atomic E-state index is 14.3. The van der Waals surface area contributed by atoms with E-state index in [0.29, 0.717) is 16.3 Å². The Morgan fingerprint density at radius 1 is 0.977 bits per heavy atom. The lowest BCUT2D eigenvalue weighted by molar-refractivity contribution is -0.187. The van der Waals surface area contributed by atoms with Gasteiger partial charge in [-0.1, -0.05) is 44.2 Å². The van der Waals surface area contributed by atoms with E-state index in [1.54, 1.807) is 32.0 Å². The molecule has 0 saturated heterocycles. The summed E-state index contributed by atoms with van der Waals surface area (Å²) >= 11 is 0. The maximum Gasteiger partial charge on any atom is 0.452 e. The first-order valence-electron chi connectivity index (χ1n) is 13.3. The third-order valence-corrected chi connectivity index (χ3v) is 6.80. The van der Waals surface area contributed by atoms with Crippen molar-refractivity contribution in [3.05, 3.63) is 65.9 Å². The number of carbonyl (C=O) groups is 4. The van der Waals surface area contributed by atoms with Crippen LogP contribution in [-0.4, -0.2) is 84.6 Å². The van der Waals surface area contributed by atoms with Gasteiger partial charge in [-0.05, 0) is 29.7 Å². The molecule has 232 valence electrons. The number of ether oxygens (including phenoxy) is 3. The zero-order valence-corrected chi connectivity index (χ0v) is 24.7. The van der Waals surface area contributed by atoms with E-state index in [1.165, 1.54) is 57.9 Å². The van der Waals surface area contributed by atoms with Crippen molar-refractivity contribution >= 4 is 29.2 Å². The fourth-order valence-corrected chi connectivity index (χ4v) is 4.89. The molecular formula is C30H34F3N3O7. The third-order valence-electron chi connectivity index (χ3n) is 6.80. The maximum absolute atomic E-state index is 14.3. The summed E-state index contributed by atoms with van der Waals surface area (Å²) in [4.78, 5) is 54.9. The van der Waals surface area contributed by atoms with Crippen molar-refractivity contribution < 1.29 is 46.6 Å². The lowest BCUT2D eigenvalue weighted by atomic mass is 9.96. The molecule has 10 nitrogen and oxygen atoms in total. The molecule has 2 aromatic rings. The molecule has 0 aromatic heterocycles. The molecule has 3 amide bonds. The van der Waals surface area contributed by atoms with Gasteiger partial charge in [-0.2, -0.15) is 13.2 Å². The number of hydrogen-bond acceptors (Lipinski definition) is 7. The second-order valence-electron chi connectivity index (χ2n) is 10.1. The predicted molar refractivity (Wildman–Crippen MR) is 149 cm³/mol. The van der Waals surface area contributed by atoms with Crippen LogP contribution in [0.2, 0.25) is 0 Å². The van der Waals surface area contributed by atoms with Crippen LogP contribution >= 0.6 is 0 Å². The van der Waals surface area contributed by atoms with Gasteiger partial charge in [-0.15, -0.1) is 0 Å². The van der Waals surface area contributed by atoms with E-state index in [9.17, 15) is 32.3 Å². The van der Waals surface area contributed by atoms with E-state index in [1.807, 2.05) is 0 Å². The van der Waals surface area contributed by atoms with Crippen molar-refractivity contribution in [1.82, 2.24) is 14.9 Å². The van der Waals surface area contributed by atoms with Gasteiger partial charge < -0.3 is 19.1 Å². The zero-order chi connectivity index (χ0) is 32.1. The van der Waals surface area contributed by atoms with Crippen molar-refractivity contribution in [1.29, 1.82) is 0 Å². The lowest BCUT2D eigenvalue weighted by Gasteiger charge is -2.47. The summed E-state index contributed by atoms with van der Waals surface area (Å²) in [6.45, 7) is 3.85. The molecule has 0 N–H and O–H groups in total. The van der Waals surface area contributed by atoms with E-state index in [0.717, 1.165) is 16.8 Å². The lowest BCUT2D eigenvalue weighted by Crippen LogP contribution is -2.64. The van der Waals surface area contributed by atoms with Gasteiger partial charge in [0.25, 0.3) is 17.6 Å². The van der Waals surface area contributed by atoms with E-state index in [4.69, 9.17) is 14.2 Å². The highest BCUT2D eigenvalue weighted by Gasteiger charge is 2.51. The van der Waals surface area contributed by atoms with Crippen LogP contribution in [0.3, 0.4) is 0 Å². The predicted octanol–water partition coefficient (Wildman–Crippen LogP) is 3.85. The Labute approximate surface area is 247 Å². The molecule has 1 aliphatic rings. The van der Waals surface area contributed by atoms with Crippen LogP contribution in [0.5, 0.6) is 11.5 Å². The number of ketones is 1. The molecular weight excluding hydrogens is 571 g/mol. The summed E-state index contributed by atoms with van der Waals surface area (Å²) in [5.41, 5.74) is 0.373. The van der Waals surface area contributed by atoms with Gasteiger partial charge in [-0.25, -0.2) is 10.0 Å². The van der Waals surface area contributed by atoms with Crippen LogP contribution in [-0.2, 0) is 30.3 Å². The summed E-state index contributed by atoms with van der Waals surface area (Å²) in [6.07, 6.45) is -4.61. The van der Waals surface area contributed by atoms with Crippen molar-refractivity contribution in [3.63, 3.8) is 0 Å². The van der Waals surface area contributed by atoms with Crippen LogP contribution in [0.1, 0.15) is 31.9 Å². The fraction of sp³-hybridized carbons (Fsp3) is 0.400. The van der Waals surface area contributed by atoms with E-state index >= 15 is 0 Å². The smallest absolute Gasteiger partial charge is 0.452 e. The van der Waals surface area contributed by atoms with Crippen LogP contribution < -0.4 is 9.47 Å². The number of alkyl halides is 3. The number of rotatable bonds is 11. The van der Waals surface area contributed by atoms with Gasteiger partial charge in [0.15, 0.2) is 11.5 Å². The van der Waals surface area contributed by atoms with Crippen molar-refractivity contribution in [2.75, 3.05) is 27.9 Å². The zero-order valence-electron chi connectivity index (χ0n) is 24.7. The molecule has 0 aliphatic carbocycles. The number of Topliss-reactive ketones (excluding diaryl/α,β-unsaturated/α-hetero) is 1. The molecule has 0 radical (unpaired) electrons. The highest BCUT2D eigenvalue weighted by Crippen LogP contribution is 2.37. The number of hydrazine groups is 1. The van der Waals surface area contributed by atoms with Crippen LogP contribution in [0.25, 0.3) is 5.70 Å². The van der Waals surface area contributed by atoms with Gasteiger partial charge in [-0.3, -0.25) is 19.2 Å². The Kier molecular flexibility index (Phi) is 10.6. The summed E-state index contributed by atoms with van der Waals surface area (Å²) in [5.74, 6) is -4.76. The average Bonchev–Trinajstić information content (AvgIpc) is 2.96. The molecule has 0 bridgehead atoms. The summed E-state index contributed by atoms with van der Waals surface area (Å²) in [6, 6.07) is 8.86. The number of methoxy groups -OCH3 is 3. The monoisotopic (exact) mass is 605 g/mol. The minimum Gasteiger partial charge on any atom is -0.493 e. The highest BCUT2D eigenvalue weighted by atomic mass is 19.4. The molecule has 2 aromatic carbocycles. The van der Waals surface area contributed by atoms with Crippen LogP contribution in [0.15, 0.2) is 54.7 Å². The second kappa shape index (κ2) is 13.7. The summed E-state index contributed by atoms with van der Waals surface area (Å²) < 4.78 is 57.8. The first-order chi connectivity index (χ1) is 20.3. The van der Waals surface area contributed by atoms with Gasteiger partial charge in [0.2, 0.25) is 5.91 Å². The van der Waals surface area contributed by atoms with E-state index in [-0.39, 0.29) is 17.0 Å². The van der Waals surface area contributed by atoms with Crippen molar-refractivity contribution in [2.24, 2.45) is 5.92 Å². The van der Waals surface area contributed by atoms with E-state index in [2.05, 4.69) is 0 Å². The molecule has 0 spiro atoms. The van der Waals surface area contributed by atoms with Gasteiger partial charge >= 0.3 is 6.18 Å². The largest absolute Gasteiger partial charge is 0.493 e. The summed E-state index contributed by atoms with van der Waals surface area (Å²) in [5, 5.41) is 1.29. The normalized spacial score (nSPS) is 16.1. The van der Waals surface area contributed by atoms with Gasteiger partial charge in [0, 0.05) is 32.2 Å². The quantitative estimate of drug-likeness (QED) is 0.383. The number of hydrogen-bond donors (Lipinski definition) is 0.